The minimum atomic E-state index is -1.07. The average molecular weight is 420 g/mol. The Kier molecular flexibility index (Phi) is 6.13. The molecule has 0 unspecified atom stereocenters. The maximum Gasteiger partial charge on any atom is 0.258 e. The van der Waals surface area contributed by atoms with Crippen LogP contribution in [-0.4, -0.2) is 16.8 Å². The highest BCUT2D eigenvalue weighted by atomic mass is 35.5. The number of nitrogens with zero attached hydrogens (tertiary/aromatic N) is 1. The third-order valence-electron chi connectivity index (χ3n) is 3.89. The van der Waals surface area contributed by atoms with Crippen LogP contribution in [0.5, 0.6) is 0 Å². The standard InChI is InChI=1S/C20H13ClF3N3O2/c21-14-9-16(23)13(8-12(14)20(29)27-18-3-1-2-6-25-18)19(28)26-10-11-4-5-15(22)17(24)7-11/h1-9H,10H2,(H,26,28)(H,25,27,29). The first-order valence-corrected chi connectivity index (χ1v) is 8.66. The molecular formula is C20H13ClF3N3O2. The summed E-state index contributed by atoms with van der Waals surface area (Å²) in [6, 6.07) is 9.84. The number of pyridine rings is 1. The Morgan fingerprint density at radius 2 is 1.69 bits per heavy atom. The van der Waals surface area contributed by atoms with Gasteiger partial charge in [0.15, 0.2) is 11.6 Å². The number of hydrogen-bond donors (Lipinski definition) is 2. The minimum absolute atomic E-state index is 0.128. The van der Waals surface area contributed by atoms with Gasteiger partial charge in [0.1, 0.15) is 11.6 Å². The van der Waals surface area contributed by atoms with E-state index in [0.29, 0.717) is 0 Å². The van der Waals surface area contributed by atoms with Gasteiger partial charge < -0.3 is 10.6 Å². The van der Waals surface area contributed by atoms with Crippen LogP contribution in [0.2, 0.25) is 5.02 Å². The number of rotatable bonds is 5. The quantitative estimate of drug-likeness (QED) is 0.646. The molecule has 0 bridgehead atoms. The van der Waals surface area contributed by atoms with E-state index in [0.717, 1.165) is 24.3 Å². The van der Waals surface area contributed by atoms with E-state index < -0.39 is 34.8 Å². The Bertz CT molecular complexity index is 1080. The van der Waals surface area contributed by atoms with Gasteiger partial charge in [-0.2, -0.15) is 0 Å². The lowest BCUT2D eigenvalue weighted by molar-refractivity contribution is 0.0947. The number of halogens is 4. The molecule has 0 radical (unpaired) electrons. The summed E-state index contributed by atoms with van der Waals surface area (Å²) in [4.78, 5) is 28.7. The summed E-state index contributed by atoms with van der Waals surface area (Å²) >= 11 is 5.94. The first kappa shape index (κ1) is 20.3. The first-order chi connectivity index (χ1) is 13.8. The highest BCUT2D eigenvalue weighted by molar-refractivity contribution is 6.34. The van der Waals surface area contributed by atoms with Gasteiger partial charge in [-0.05, 0) is 42.0 Å². The van der Waals surface area contributed by atoms with Crippen molar-refractivity contribution in [1.82, 2.24) is 10.3 Å². The molecule has 0 aliphatic heterocycles. The summed E-state index contributed by atoms with van der Waals surface area (Å²) < 4.78 is 40.4. The van der Waals surface area contributed by atoms with Crippen molar-refractivity contribution >= 4 is 29.2 Å². The number of benzene rings is 2. The van der Waals surface area contributed by atoms with Gasteiger partial charge in [-0.1, -0.05) is 23.7 Å². The van der Waals surface area contributed by atoms with E-state index in [2.05, 4.69) is 15.6 Å². The van der Waals surface area contributed by atoms with Crippen molar-refractivity contribution in [3.8, 4) is 0 Å². The van der Waals surface area contributed by atoms with E-state index in [9.17, 15) is 22.8 Å². The molecule has 5 nitrogen and oxygen atoms in total. The number of nitrogens with one attached hydrogen (secondary N) is 2. The summed E-state index contributed by atoms with van der Waals surface area (Å²) in [5, 5.41) is 4.68. The molecule has 1 aromatic heterocycles. The average Bonchev–Trinajstić information content (AvgIpc) is 2.69. The lowest BCUT2D eigenvalue weighted by Gasteiger charge is -2.10. The van der Waals surface area contributed by atoms with Crippen LogP contribution in [0.4, 0.5) is 19.0 Å². The molecule has 2 amide bonds. The summed E-state index contributed by atoms with van der Waals surface area (Å²) in [6.07, 6.45) is 1.47. The van der Waals surface area contributed by atoms with Gasteiger partial charge in [-0.25, -0.2) is 18.2 Å². The lowest BCUT2D eigenvalue weighted by Crippen LogP contribution is -2.25. The highest BCUT2D eigenvalue weighted by Gasteiger charge is 2.19. The smallest absolute Gasteiger partial charge is 0.258 e. The zero-order valence-electron chi connectivity index (χ0n) is 14.7. The van der Waals surface area contributed by atoms with Crippen LogP contribution in [0.3, 0.4) is 0 Å². The van der Waals surface area contributed by atoms with Crippen molar-refractivity contribution in [1.29, 1.82) is 0 Å². The van der Waals surface area contributed by atoms with Gasteiger partial charge in [-0.3, -0.25) is 9.59 Å². The maximum atomic E-state index is 14.2. The van der Waals surface area contributed by atoms with Crippen LogP contribution in [0.1, 0.15) is 26.3 Å². The predicted octanol–water partition coefficient (Wildman–Crippen LogP) is 4.33. The van der Waals surface area contributed by atoms with Crippen molar-refractivity contribution in [2.24, 2.45) is 0 Å². The van der Waals surface area contributed by atoms with Gasteiger partial charge in [0.25, 0.3) is 11.8 Å². The maximum absolute atomic E-state index is 14.2. The molecule has 0 saturated heterocycles. The normalized spacial score (nSPS) is 10.5. The summed E-state index contributed by atoms with van der Waals surface area (Å²) in [5.74, 6) is -4.30. The Hall–Kier alpha value is -3.39. The molecule has 3 rings (SSSR count). The number of aromatic nitrogens is 1. The van der Waals surface area contributed by atoms with Crippen molar-refractivity contribution in [2.45, 2.75) is 6.54 Å². The third-order valence-corrected chi connectivity index (χ3v) is 4.20. The lowest BCUT2D eigenvalue weighted by atomic mass is 10.1. The van der Waals surface area contributed by atoms with Crippen LogP contribution in [0.15, 0.2) is 54.7 Å². The second kappa shape index (κ2) is 8.74. The van der Waals surface area contributed by atoms with E-state index in [1.54, 1.807) is 18.2 Å². The topological polar surface area (TPSA) is 71.1 Å². The van der Waals surface area contributed by atoms with Crippen molar-refractivity contribution in [3.63, 3.8) is 0 Å². The van der Waals surface area contributed by atoms with Gasteiger partial charge in [0.05, 0.1) is 16.1 Å². The molecule has 0 aliphatic carbocycles. The first-order valence-electron chi connectivity index (χ1n) is 8.28. The summed E-state index contributed by atoms with van der Waals surface area (Å²) in [5.41, 5.74) is -0.278. The van der Waals surface area contributed by atoms with E-state index in [-0.39, 0.29) is 28.5 Å². The Morgan fingerprint density at radius 1 is 0.897 bits per heavy atom. The molecule has 0 fully saturated rings. The number of amides is 2. The molecule has 1 heterocycles. The Balaban J connectivity index is 1.77. The monoisotopic (exact) mass is 419 g/mol. The molecule has 148 valence electrons. The zero-order valence-corrected chi connectivity index (χ0v) is 15.4. The van der Waals surface area contributed by atoms with Crippen LogP contribution >= 0.6 is 11.6 Å². The van der Waals surface area contributed by atoms with Gasteiger partial charge >= 0.3 is 0 Å². The molecule has 29 heavy (non-hydrogen) atoms. The molecule has 0 saturated carbocycles. The molecule has 2 N–H and O–H groups in total. The number of anilines is 1. The molecule has 3 aromatic rings. The minimum Gasteiger partial charge on any atom is -0.348 e. The molecule has 0 spiro atoms. The fourth-order valence-corrected chi connectivity index (χ4v) is 2.68. The van der Waals surface area contributed by atoms with Gasteiger partial charge in [0, 0.05) is 12.7 Å². The summed E-state index contributed by atoms with van der Waals surface area (Å²) in [6.45, 7) is -0.173. The molecule has 2 aromatic carbocycles. The van der Waals surface area contributed by atoms with E-state index in [1.165, 1.54) is 12.3 Å². The number of hydrogen-bond acceptors (Lipinski definition) is 3. The third kappa shape index (κ3) is 4.91. The van der Waals surface area contributed by atoms with Crippen molar-refractivity contribution in [2.75, 3.05) is 5.32 Å². The van der Waals surface area contributed by atoms with Gasteiger partial charge in [-0.15, -0.1) is 0 Å². The fraction of sp³-hybridized carbons (Fsp3) is 0.0500. The largest absolute Gasteiger partial charge is 0.348 e. The predicted molar refractivity (Wildman–Crippen MR) is 101 cm³/mol. The molecule has 0 atom stereocenters. The van der Waals surface area contributed by atoms with E-state index in [4.69, 9.17) is 11.6 Å². The fourth-order valence-electron chi connectivity index (χ4n) is 2.44. The second-order valence-corrected chi connectivity index (χ2v) is 6.32. The van der Waals surface area contributed by atoms with Crippen LogP contribution in [0.25, 0.3) is 0 Å². The Labute approximate surface area is 168 Å². The highest BCUT2D eigenvalue weighted by Crippen LogP contribution is 2.22. The Morgan fingerprint density at radius 3 is 2.38 bits per heavy atom. The van der Waals surface area contributed by atoms with Crippen molar-refractivity contribution < 1.29 is 22.8 Å². The number of carbonyl (C=O) groups excluding carboxylic acids is 2. The van der Waals surface area contributed by atoms with Crippen LogP contribution in [-0.2, 0) is 6.54 Å². The van der Waals surface area contributed by atoms with E-state index >= 15 is 0 Å². The van der Waals surface area contributed by atoms with Crippen LogP contribution < -0.4 is 10.6 Å². The second-order valence-electron chi connectivity index (χ2n) is 5.91. The van der Waals surface area contributed by atoms with Gasteiger partial charge in [0.2, 0.25) is 0 Å². The summed E-state index contributed by atoms with van der Waals surface area (Å²) in [7, 11) is 0. The van der Waals surface area contributed by atoms with Crippen molar-refractivity contribution in [3.05, 3.63) is 93.9 Å². The zero-order chi connectivity index (χ0) is 21.0. The number of carbonyl (C=O) groups is 2. The molecule has 0 aliphatic rings. The molecular weight excluding hydrogens is 407 g/mol. The molecule has 9 heteroatoms. The SMILES string of the molecule is O=C(NCc1ccc(F)c(F)c1)c1cc(C(=O)Nc2ccccn2)c(Cl)cc1F. The van der Waals surface area contributed by atoms with Crippen LogP contribution in [0, 0.1) is 17.5 Å². The van der Waals surface area contributed by atoms with E-state index in [1.807, 2.05) is 0 Å².